The maximum atomic E-state index is 9.55. The molecule has 0 aromatic rings. The summed E-state index contributed by atoms with van der Waals surface area (Å²) in [6.07, 6.45) is 0. The Morgan fingerprint density at radius 2 is 1.83 bits per heavy atom. The maximum absolute atomic E-state index is 9.55. The lowest BCUT2D eigenvalue weighted by atomic mass is 9.94. The third kappa shape index (κ3) is 0.973. The van der Waals surface area contributed by atoms with Crippen LogP contribution in [0.5, 0.6) is 0 Å². The van der Waals surface area contributed by atoms with Crippen LogP contribution in [0, 0.1) is 39.4 Å². The van der Waals surface area contributed by atoms with Crippen molar-refractivity contribution in [3.63, 3.8) is 0 Å². The van der Waals surface area contributed by atoms with E-state index in [9.17, 15) is 10.5 Å². The van der Waals surface area contributed by atoms with Crippen molar-refractivity contribution >= 4 is 5.84 Å². The Bertz CT molecular complexity index is 483. The Labute approximate surface area is 106 Å². The standard InChI is InChI=1S/C12H16N4O2/c1-4-17-12(18-5-2)11(7-14)8(3)10(11,6-13)9(15)16-12/h8H,4-5H2,1-3H3,(H2,15,16)/t8-,10-,11-/m1/s1. The minimum absolute atomic E-state index is 0.140. The van der Waals surface area contributed by atoms with Gasteiger partial charge in [0.25, 0.3) is 5.91 Å². The molecule has 2 aliphatic rings. The fourth-order valence-electron chi connectivity index (χ4n) is 3.17. The number of aliphatic imine (C=N–C) groups is 1. The first-order valence-electron chi connectivity index (χ1n) is 5.99. The van der Waals surface area contributed by atoms with Crippen LogP contribution in [0.2, 0.25) is 0 Å². The van der Waals surface area contributed by atoms with Gasteiger partial charge < -0.3 is 15.2 Å². The molecule has 1 fully saturated rings. The van der Waals surface area contributed by atoms with Crippen LogP contribution in [0.4, 0.5) is 0 Å². The predicted octanol–water partition coefficient (Wildman–Crippen LogP) is 0.754. The second kappa shape index (κ2) is 3.68. The molecular weight excluding hydrogens is 232 g/mol. The SMILES string of the molecule is CCOC1(OCC)N=C(N)[C@@]2(C#N)[C@@H](C)[C@@]12C#N. The van der Waals surface area contributed by atoms with Crippen LogP contribution in [0.15, 0.2) is 4.99 Å². The van der Waals surface area contributed by atoms with Crippen molar-refractivity contribution in [1.82, 2.24) is 0 Å². The number of nitriles is 2. The molecular formula is C12H16N4O2. The lowest BCUT2D eigenvalue weighted by molar-refractivity contribution is -0.256. The fourth-order valence-corrected chi connectivity index (χ4v) is 3.17. The number of rotatable bonds is 4. The van der Waals surface area contributed by atoms with Gasteiger partial charge in [0.2, 0.25) is 0 Å². The van der Waals surface area contributed by atoms with Gasteiger partial charge in [-0.3, -0.25) is 0 Å². The predicted molar refractivity (Wildman–Crippen MR) is 62.9 cm³/mol. The van der Waals surface area contributed by atoms with Gasteiger partial charge in [-0.15, -0.1) is 0 Å². The van der Waals surface area contributed by atoms with Crippen LogP contribution in [0.25, 0.3) is 0 Å². The highest BCUT2D eigenvalue weighted by Crippen LogP contribution is 2.77. The number of hydrogen-bond acceptors (Lipinski definition) is 6. The third-order valence-electron chi connectivity index (χ3n) is 4.04. The zero-order valence-electron chi connectivity index (χ0n) is 10.7. The highest BCUT2D eigenvalue weighted by Gasteiger charge is 2.91. The van der Waals surface area contributed by atoms with Crippen LogP contribution in [-0.2, 0) is 9.47 Å². The fraction of sp³-hybridized carbons (Fsp3) is 0.750. The summed E-state index contributed by atoms with van der Waals surface area (Å²) < 4.78 is 11.2. The van der Waals surface area contributed by atoms with Gasteiger partial charge in [-0.25, -0.2) is 4.99 Å². The summed E-state index contributed by atoms with van der Waals surface area (Å²) in [6.45, 7) is 6.04. The molecule has 1 saturated carbocycles. The molecule has 6 heteroatoms. The molecule has 6 nitrogen and oxygen atoms in total. The zero-order valence-corrected chi connectivity index (χ0v) is 10.7. The van der Waals surface area contributed by atoms with Crippen molar-refractivity contribution in [2.75, 3.05) is 13.2 Å². The van der Waals surface area contributed by atoms with Crippen molar-refractivity contribution in [1.29, 1.82) is 10.5 Å². The molecule has 0 spiro atoms. The van der Waals surface area contributed by atoms with Gasteiger partial charge in [0, 0.05) is 19.1 Å². The average Bonchev–Trinajstić information content (AvgIpc) is 2.82. The number of hydrogen-bond donors (Lipinski definition) is 1. The van der Waals surface area contributed by atoms with Crippen molar-refractivity contribution < 1.29 is 9.47 Å². The highest BCUT2D eigenvalue weighted by atomic mass is 16.7. The molecule has 0 unspecified atom stereocenters. The molecule has 0 radical (unpaired) electrons. The van der Waals surface area contributed by atoms with Crippen LogP contribution in [-0.4, -0.2) is 25.0 Å². The quantitative estimate of drug-likeness (QED) is 0.739. The summed E-state index contributed by atoms with van der Waals surface area (Å²) in [5.74, 6) is -1.55. The van der Waals surface area contributed by atoms with Gasteiger partial charge in [0.05, 0.1) is 12.1 Å². The van der Waals surface area contributed by atoms with Gasteiger partial charge in [0.1, 0.15) is 11.3 Å². The van der Waals surface area contributed by atoms with Gasteiger partial charge in [-0.2, -0.15) is 10.5 Å². The average molecular weight is 248 g/mol. The summed E-state index contributed by atoms with van der Waals surface area (Å²) in [6, 6.07) is 4.32. The molecule has 0 aromatic heterocycles. The molecule has 3 atom stereocenters. The molecule has 18 heavy (non-hydrogen) atoms. The normalized spacial score (nSPS) is 39.4. The monoisotopic (exact) mass is 248 g/mol. The summed E-state index contributed by atoms with van der Waals surface area (Å²) in [7, 11) is 0. The Hall–Kier alpha value is -1.63. The van der Waals surface area contributed by atoms with E-state index in [0.29, 0.717) is 13.2 Å². The smallest absolute Gasteiger partial charge is 0.293 e. The third-order valence-corrected chi connectivity index (χ3v) is 4.04. The van der Waals surface area contributed by atoms with Crippen molar-refractivity contribution in [2.24, 2.45) is 27.5 Å². The molecule has 0 bridgehead atoms. The number of ether oxygens (including phenoxy) is 2. The molecule has 0 saturated heterocycles. The summed E-state index contributed by atoms with van der Waals surface area (Å²) >= 11 is 0. The van der Waals surface area contributed by atoms with E-state index in [2.05, 4.69) is 17.1 Å². The Morgan fingerprint density at radius 1 is 1.28 bits per heavy atom. The van der Waals surface area contributed by atoms with E-state index in [1.54, 1.807) is 20.8 Å². The Kier molecular flexibility index (Phi) is 2.62. The topological polar surface area (TPSA) is 104 Å². The molecule has 0 aromatic carbocycles. The van der Waals surface area contributed by atoms with Crippen molar-refractivity contribution in [3.05, 3.63) is 0 Å². The maximum Gasteiger partial charge on any atom is 0.293 e. The van der Waals surface area contributed by atoms with Crippen LogP contribution in [0.3, 0.4) is 0 Å². The van der Waals surface area contributed by atoms with Crippen LogP contribution < -0.4 is 5.73 Å². The van der Waals surface area contributed by atoms with Crippen molar-refractivity contribution in [2.45, 2.75) is 26.7 Å². The lowest BCUT2D eigenvalue weighted by Crippen LogP contribution is -2.43. The van der Waals surface area contributed by atoms with E-state index in [4.69, 9.17) is 15.2 Å². The van der Waals surface area contributed by atoms with Gasteiger partial charge in [-0.05, 0) is 13.8 Å². The molecule has 96 valence electrons. The van der Waals surface area contributed by atoms with Crippen LogP contribution in [0.1, 0.15) is 20.8 Å². The molecule has 2 N–H and O–H groups in total. The second-order valence-corrected chi connectivity index (χ2v) is 4.51. The summed E-state index contributed by atoms with van der Waals surface area (Å²) in [4.78, 5) is 4.17. The number of fused-ring (bicyclic) bond motifs is 1. The second-order valence-electron chi connectivity index (χ2n) is 4.51. The minimum Gasteiger partial charge on any atom is -0.386 e. The highest BCUT2D eigenvalue weighted by molar-refractivity contribution is 5.98. The van der Waals surface area contributed by atoms with E-state index in [0.717, 1.165) is 0 Å². The molecule has 1 aliphatic carbocycles. The van der Waals surface area contributed by atoms with E-state index in [1.165, 1.54) is 0 Å². The van der Waals surface area contributed by atoms with E-state index >= 15 is 0 Å². The van der Waals surface area contributed by atoms with Gasteiger partial charge in [-0.1, -0.05) is 6.92 Å². The number of nitrogens with two attached hydrogens (primary N) is 1. The molecule has 2 rings (SSSR count). The first-order chi connectivity index (χ1) is 8.53. The molecule has 1 aliphatic heterocycles. The van der Waals surface area contributed by atoms with Gasteiger partial charge in [0.15, 0.2) is 5.41 Å². The van der Waals surface area contributed by atoms with E-state index in [-0.39, 0.29) is 11.8 Å². The Balaban J connectivity index is 2.58. The summed E-state index contributed by atoms with van der Waals surface area (Å²) in [5.41, 5.74) is 3.66. The van der Waals surface area contributed by atoms with E-state index < -0.39 is 16.7 Å². The minimum atomic E-state index is -1.44. The Morgan fingerprint density at radius 3 is 2.17 bits per heavy atom. The number of amidine groups is 1. The molecule has 0 amide bonds. The first-order valence-corrected chi connectivity index (χ1v) is 5.99. The largest absolute Gasteiger partial charge is 0.386 e. The first kappa shape index (κ1) is 12.8. The zero-order chi connectivity index (χ0) is 13.6. The van der Waals surface area contributed by atoms with Gasteiger partial charge >= 0.3 is 0 Å². The molecule has 1 heterocycles. The van der Waals surface area contributed by atoms with Crippen LogP contribution >= 0.6 is 0 Å². The van der Waals surface area contributed by atoms with Crippen molar-refractivity contribution in [3.8, 4) is 12.1 Å². The number of nitrogens with zero attached hydrogens (tertiary/aromatic N) is 3. The lowest BCUT2D eigenvalue weighted by Gasteiger charge is -2.31. The van der Waals surface area contributed by atoms with E-state index in [1.807, 2.05) is 0 Å². The summed E-state index contributed by atoms with van der Waals surface area (Å²) in [5, 5.41) is 19.0.